The predicted octanol–water partition coefficient (Wildman–Crippen LogP) is 2.63. The van der Waals surface area contributed by atoms with Crippen molar-refractivity contribution >= 4 is 17.6 Å². The number of amides is 1. The maximum absolute atomic E-state index is 12.0. The average molecular weight is 463 g/mol. The maximum Gasteiger partial charge on any atom is 0.328 e. The zero-order valence-electron chi connectivity index (χ0n) is 19.9. The number of hydrogen-bond acceptors (Lipinski definition) is 6. The molecule has 0 spiro atoms. The van der Waals surface area contributed by atoms with Gasteiger partial charge in [-0.05, 0) is 93.0 Å². The summed E-state index contributed by atoms with van der Waals surface area (Å²) in [5.41, 5.74) is 2.47. The number of aliphatic hydroxyl groups excluding tert-OH is 2. The molecule has 0 saturated heterocycles. The van der Waals surface area contributed by atoms with Crippen molar-refractivity contribution in [2.24, 2.45) is 33.7 Å². The van der Waals surface area contributed by atoms with Gasteiger partial charge >= 0.3 is 5.97 Å². The smallest absolute Gasteiger partial charge is 0.328 e. The first-order chi connectivity index (χ1) is 15.6. The van der Waals surface area contributed by atoms with Crippen molar-refractivity contribution in [3.63, 3.8) is 0 Å². The third kappa shape index (κ3) is 4.32. The first-order valence-corrected chi connectivity index (χ1v) is 12.3. The van der Waals surface area contributed by atoms with Gasteiger partial charge in [0.1, 0.15) is 0 Å². The summed E-state index contributed by atoms with van der Waals surface area (Å²) in [6.45, 7) is 5.62. The van der Waals surface area contributed by atoms with E-state index in [9.17, 15) is 19.8 Å². The Kier molecular flexibility index (Phi) is 6.62. The quantitative estimate of drug-likeness (QED) is 0.449. The molecule has 0 radical (unpaired) electrons. The van der Waals surface area contributed by atoms with Crippen molar-refractivity contribution in [3.05, 3.63) is 11.6 Å². The maximum atomic E-state index is 12.0. The van der Waals surface area contributed by atoms with Gasteiger partial charge in [-0.1, -0.05) is 24.6 Å². The summed E-state index contributed by atoms with van der Waals surface area (Å²) < 4.78 is 0. The topological polar surface area (TPSA) is 128 Å². The van der Waals surface area contributed by atoms with Gasteiger partial charge in [0.05, 0.1) is 17.9 Å². The Morgan fingerprint density at radius 2 is 1.94 bits per heavy atom. The second-order valence-electron chi connectivity index (χ2n) is 11.1. The summed E-state index contributed by atoms with van der Waals surface area (Å²) in [5.74, 6) is 0.00935. The molecule has 8 nitrogen and oxygen atoms in total. The van der Waals surface area contributed by atoms with Crippen LogP contribution in [0.3, 0.4) is 0 Å². The molecule has 33 heavy (non-hydrogen) atoms. The van der Waals surface area contributed by atoms with Crippen LogP contribution in [0.1, 0.15) is 72.1 Å². The Hall–Kier alpha value is -1.93. The van der Waals surface area contributed by atoms with E-state index in [0.29, 0.717) is 17.8 Å². The Morgan fingerprint density at radius 1 is 1.18 bits per heavy atom. The molecule has 8 atom stereocenters. The van der Waals surface area contributed by atoms with Crippen LogP contribution in [0.15, 0.2) is 16.8 Å². The fourth-order valence-corrected chi connectivity index (χ4v) is 7.39. The normalized spacial score (nSPS) is 40.6. The van der Waals surface area contributed by atoms with E-state index in [2.05, 4.69) is 30.4 Å². The van der Waals surface area contributed by atoms with Crippen LogP contribution in [0.4, 0.5) is 0 Å². The molecule has 4 aliphatic rings. The average Bonchev–Trinajstić information content (AvgIpc) is 3.06. The number of hydrogen-bond donors (Lipinski definition) is 4. The van der Waals surface area contributed by atoms with Crippen LogP contribution in [0.25, 0.3) is 0 Å². The molecular formula is C25H38N2O6. The highest BCUT2D eigenvalue weighted by Crippen LogP contribution is 2.65. The van der Waals surface area contributed by atoms with Crippen molar-refractivity contribution in [3.8, 4) is 0 Å². The standard InChI is InChI=1S/C25H38N2O6/c1-14(28)22(23(31)32)26-21(30)13-33-27-16-8-10-24(2)15(12-16)4-5-17-18-6-7-20(29)25(18,3)11-9-19(17)24/h12,14,17-20,22,28-29H,4-11,13H2,1-3H3,(H,26,30)(H,31,32)/b27-16-/t14-,17-,18-,19-,20-,22+,24-,25-/m0/s1. The number of carboxylic acid groups (broad SMARTS) is 1. The van der Waals surface area contributed by atoms with Crippen molar-refractivity contribution in [2.45, 2.75) is 90.4 Å². The van der Waals surface area contributed by atoms with Gasteiger partial charge in [-0.2, -0.15) is 0 Å². The molecule has 3 fully saturated rings. The summed E-state index contributed by atoms with van der Waals surface area (Å²) in [6, 6.07) is -1.38. The fraction of sp³-hybridized carbons (Fsp3) is 0.800. The molecule has 0 unspecified atom stereocenters. The summed E-state index contributed by atoms with van der Waals surface area (Å²) in [7, 11) is 0. The predicted molar refractivity (Wildman–Crippen MR) is 122 cm³/mol. The molecule has 0 aromatic heterocycles. The third-order valence-corrected chi connectivity index (χ3v) is 9.37. The Labute approximate surface area is 195 Å². The molecule has 4 N–H and O–H groups in total. The van der Waals surface area contributed by atoms with E-state index < -0.39 is 30.6 Å². The lowest BCUT2D eigenvalue weighted by atomic mass is 9.47. The monoisotopic (exact) mass is 462 g/mol. The molecule has 4 aliphatic carbocycles. The first kappa shape index (κ1) is 24.2. The highest BCUT2D eigenvalue weighted by atomic mass is 16.6. The third-order valence-electron chi connectivity index (χ3n) is 9.37. The van der Waals surface area contributed by atoms with E-state index in [0.717, 1.165) is 50.7 Å². The summed E-state index contributed by atoms with van der Waals surface area (Å²) >= 11 is 0. The number of rotatable bonds is 6. The summed E-state index contributed by atoms with van der Waals surface area (Å²) in [5, 5.41) is 35.5. The number of allylic oxidation sites excluding steroid dienone is 2. The molecular weight excluding hydrogens is 424 g/mol. The van der Waals surface area contributed by atoms with Gasteiger partial charge in [0.2, 0.25) is 0 Å². The van der Waals surface area contributed by atoms with Crippen molar-refractivity contribution in [2.75, 3.05) is 6.61 Å². The zero-order valence-corrected chi connectivity index (χ0v) is 19.9. The Bertz CT molecular complexity index is 854. The van der Waals surface area contributed by atoms with E-state index >= 15 is 0 Å². The summed E-state index contributed by atoms with van der Waals surface area (Å²) in [6.07, 6.45) is 9.11. The van der Waals surface area contributed by atoms with Gasteiger partial charge < -0.3 is 25.5 Å². The Balaban J connectivity index is 1.39. The molecule has 0 aromatic rings. The lowest BCUT2D eigenvalue weighted by Gasteiger charge is -2.57. The molecule has 8 heteroatoms. The van der Waals surface area contributed by atoms with Gasteiger partial charge in [0, 0.05) is 0 Å². The largest absolute Gasteiger partial charge is 0.480 e. The van der Waals surface area contributed by atoms with Crippen molar-refractivity contribution in [1.82, 2.24) is 5.32 Å². The highest BCUT2D eigenvalue weighted by Gasteiger charge is 2.58. The zero-order chi connectivity index (χ0) is 24.0. The van der Waals surface area contributed by atoms with Gasteiger partial charge in [0.25, 0.3) is 5.91 Å². The van der Waals surface area contributed by atoms with Gasteiger partial charge in [-0.25, -0.2) is 4.79 Å². The molecule has 3 saturated carbocycles. The van der Waals surface area contributed by atoms with E-state index in [4.69, 9.17) is 9.94 Å². The fourth-order valence-electron chi connectivity index (χ4n) is 7.39. The van der Waals surface area contributed by atoms with Crippen LogP contribution in [0, 0.1) is 28.6 Å². The van der Waals surface area contributed by atoms with Crippen molar-refractivity contribution in [1.29, 1.82) is 0 Å². The van der Waals surface area contributed by atoms with Crippen LogP contribution < -0.4 is 5.32 Å². The molecule has 0 bridgehead atoms. The number of nitrogens with zero attached hydrogens (tertiary/aromatic N) is 1. The summed E-state index contributed by atoms with van der Waals surface area (Å²) in [4.78, 5) is 28.3. The van der Waals surface area contributed by atoms with E-state index in [1.807, 2.05) is 0 Å². The minimum Gasteiger partial charge on any atom is -0.480 e. The number of aliphatic carboxylic acids is 1. The second-order valence-corrected chi connectivity index (χ2v) is 11.1. The van der Waals surface area contributed by atoms with Crippen LogP contribution in [-0.2, 0) is 14.4 Å². The number of nitrogens with one attached hydrogen (secondary N) is 1. The SMILES string of the molecule is C[C@H](O)[C@@H](NC(=O)CO/N=C1\C=C2CC[C@H]3[C@@H]4CC[C@H](O)[C@@]4(C)CC[C@@H]3[C@@]2(C)CC1)C(=O)O. The Morgan fingerprint density at radius 3 is 2.64 bits per heavy atom. The molecule has 0 aliphatic heterocycles. The lowest BCUT2D eigenvalue weighted by molar-refractivity contribution is -0.145. The number of carboxylic acids is 1. The number of carbonyl (C=O) groups excluding carboxylic acids is 1. The molecule has 0 aromatic carbocycles. The molecule has 1 amide bonds. The minimum atomic E-state index is -1.38. The molecule has 4 rings (SSSR count). The molecule has 184 valence electrons. The van der Waals surface area contributed by atoms with Gasteiger partial charge in [0.15, 0.2) is 12.6 Å². The highest BCUT2D eigenvalue weighted by molar-refractivity contribution is 5.96. The van der Waals surface area contributed by atoms with E-state index in [1.54, 1.807) is 0 Å². The number of carbonyl (C=O) groups is 2. The van der Waals surface area contributed by atoms with Crippen LogP contribution in [0.5, 0.6) is 0 Å². The van der Waals surface area contributed by atoms with Gasteiger partial charge in [-0.3, -0.25) is 4.79 Å². The van der Waals surface area contributed by atoms with Gasteiger partial charge in [-0.15, -0.1) is 0 Å². The van der Waals surface area contributed by atoms with E-state index in [-0.39, 0.29) is 16.9 Å². The number of aliphatic hydroxyl groups is 2. The lowest BCUT2D eigenvalue weighted by Crippen LogP contribution is -2.51. The van der Waals surface area contributed by atoms with E-state index in [1.165, 1.54) is 18.9 Å². The first-order valence-electron chi connectivity index (χ1n) is 12.3. The van der Waals surface area contributed by atoms with Crippen molar-refractivity contribution < 1.29 is 29.7 Å². The van der Waals surface area contributed by atoms with Crippen LogP contribution >= 0.6 is 0 Å². The minimum absolute atomic E-state index is 0.0852. The number of oxime groups is 1. The van der Waals surface area contributed by atoms with Crippen LogP contribution in [-0.4, -0.2) is 57.8 Å². The number of fused-ring (bicyclic) bond motifs is 5. The second kappa shape index (κ2) is 9.02. The molecule has 0 heterocycles. The van der Waals surface area contributed by atoms with Crippen LogP contribution in [0.2, 0.25) is 0 Å².